The molecule has 0 atom stereocenters. The summed E-state index contributed by atoms with van der Waals surface area (Å²) in [7, 11) is 3.68. The van der Waals surface area contributed by atoms with Crippen LogP contribution in [0.3, 0.4) is 0 Å². The van der Waals surface area contributed by atoms with E-state index in [4.69, 9.17) is 4.74 Å². The topological polar surface area (TPSA) is 41.6 Å². The van der Waals surface area contributed by atoms with Gasteiger partial charge in [0.05, 0.1) is 0 Å². The molecule has 0 aromatic heterocycles. The number of likely N-dealkylation sites (N-methyl/N-ethyl adjacent to an activating group) is 1. The largest absolute Gasteiger partial charge is 0.483 e. The molecule has 0 saturated heterocycles. The van der Waals surface area contributed by atoms with Crippen LogP contribution in [-0.4, -0.2) is 37.6 Å². The van der Waals surface area contributed by atoms with Crippen molar-refractivity contribution in [1.29, 1.82) is 0 Å². The summed E-state index contributed by atoms with van der Waals surface area (Å²) < 4.78 is 5.65. The number of aryl methyl sites for hydroxylation is 1. The maximum absolute atomic E-state index is 11.9. The molecule has 1 aromatic carbocycles. The minimum atomic E-state index is -0.00835. The molecule has 0 unspecified atom stereocenters. The van der Waals surface area contributed by atoms with Crippen LogP contribution in [0.15, 0.2) is 18.2 Å². The number of hydrogen-bond acceptors (Lipinski definition) is 3. The Morgan fingerprint density at radius 2 is 2.11 bits per heavy atom. The van der Waals surface area contributed by atoms with E-state index >= 15 is 0 Å². The number of carbonyl (C=O) groups is 1. The first-order valence-electron chi connectivity index (χ1n) is 6.58. The fourth-order valence-electron chi connectivity index (χ4n) is 1.71. The predicted molar refractivity (Wildman–Crippen MR) is 77.3 cm³/mol. The predicted octanol–water partition coefficient (Wildman–Crippen LogP) is 1.96. The number of nitrogens with zero attached hydrogens (tertiary/aromatic N) is 1. The molecule has 0 bridgehead atoms. The number of nitrogens with one attached hydrogen (secondary N) is 1. The SMILES string of the molecule is CNCc1cc(C)ccc1OCC(=O)N(C)C(C)C. The molecule has 0 fully saturated rings. The highest BCUT2D eigenvalue weighted by molar-refractivity contribution is 5.77. The Balaban J connectivity index is 2.69. The first-order valence-corrected chi connectivity index (χ1v) is 6.58. The van der Waals surface area contributed by atoms with Gasteiger partial charge in [-0.2, -0.15) is 0 Å². The highest BCUT2D eigenvalue weighted by atomic mass is 16.5. The summed E-state index contributed by atoms with van der Waals surface area (Å²) in [6, 6.07) is 6.17. The molecule has 1 N–H and O–H groups in total. The van der Waals surface area contributed by atoms with Gasteiger partial charge in [-0.15, -0.1) is 0 Å². The lowest BCUT2D eigenvalue weighted by atomic mass is 10.1. The van der Waals surface area contributed by atoms with Gasteiger partial charge in [0.25, 0.3) is 5.91 Å². The van der Waals surface area contributed by atoms with E-state index in [1.54, 1.807) is 11.9 Å². The standard InChI is InChI=1S/C15H24N2O2/c1-11(2)17(5)15(18)10-19-14-7-6-12(3)8-13(14)9-16-4/h6-8,11,16H,9-10H2,1-5H3. The van der Waals surface area contributed by atoms with Gasteiger partial charge < -0.3 is 15.0 Å². The zero-order chi connectivity index (χ0) is 14.4. The number of amides is 1. The minimum Gasteiger partial charge on any atom is -0.483 e. The highest BCUT2D eigenvalue weighted by Crippen LogP contribution is 2.20. The Morgan fingerprint density at radius 3 is 2.68 bits per heavy atom. The van der Waals surface area contributed by atoms with E-state index in [2.05, 4.69) is 11.4 Å². The van der Waals surface area contributed by atoms with Crippen molar-refractivity contribution in [3.63, 3.8) is 0 Å². The number of benzene rings is 1. The minimum absolute atomic E-state index is 0.00835. The molecule has 19 heavy (non-hydrogen) atoms. The van der Waals surface area contributed by atoms with E-state index < -0.39 is 0 Å². The van der Waals surface area contributed by atoms with E-state index in [0.29, 0.717) is 0 Å². The van der Waals surface area contributed by atoms with Crippen LogP contribution in [0.4, 0.5) is 0 Å². The molecular weight excluding hydrogens is 240 g/mol. The molecule has 1 rings (SSSR count). The van der Waals surface area contributed by atoms with E-state index in [1.807, 2.05) is 40.0 Å². The smallest absolute Gasteiger partial charge is 0.260 e. The van der Waals surface area contributed by atoms with Crippen LogP contribution in [0, 0.1) is 6.92 Å². The second kappa shape index (κ2) is 7.14. The van der Waals surface area contributed by atoms with Crippen molar-refractivity contribution in [1.82, 2.24) is 10.2 Å². The van der Waals surface area contributed by atoms with Gasteiger partial charge in [-0.3, -0.25) is 4.79 Å². The third-order valence-corrected chi connectivity index (χ3v) is 3.10. The fourth-order valence-corrected chi connectivity index (χ4v) is 1.71. The van der Waals surface area contributed by atoms with E-state index in [0.717, 1.165) is 17.9 Å². The Bertz CT molecular complexity index is 430. The summed E-state index contributed by atoms with van der Waals surface area (Å²) in [6.07, 6.45) is 0. The van der Waals surface area contributed by atoms with Crippen molar-refractivity contribution in [3.05, 3.63) is 29.3 Å². The molecule has 0 aliphatic carbocycles. The van der Waals surface area contributed by atoms with Crippen LogP contribution >= 0.6 is 0 Å². The summed E-state index contributed by atoms with van der Waals surface area (Å²) in [5.41, 5.74) is 2.26. The van der Waals surface area contributed by atoms with Crippen molar-refractivity contribution >= 4 is 5.91 Å². The molecular formula is C15H24N2O2. The van der Waals surface area contributed by atoms with Crippen molar-refractivity contribution < 1.29 is 9.53 Å². The van der Waals surface area contributed by atoms with Crippen molar-refractivity contribution in [2.75, 3.05) is 20.7 Å². The van der Waals surface area contributed by atoms with Gasteiger partial charge >= 0.3 is 0 Å². The third kappa shape index (κ3) is 4.56. The van der Waals surface area contributed by atoms with Gasteiger partial charge in [0, 0.05) is 25.2 Å². The molecule has 0 aliphatic heterocycles. The molecule has 1 aromatic rings. The molecule has 0 radical (unpaired) electrons. The third-order valence-electron chi connectivity index (χ3n) is 3.10. The zero-order valence-corrected chi connectivity index (χ0v) is 12.5. The van der Waals surface area contributed by atoms with Crippen LogP contribution in [-0.2, 0) is 11.3 Å². The highest BCUT2D eigenvalue weighted by Gasteiger charge is 2.13. The summed E-state index contributed by atoms with van der Waals surface area (Å²) in [5, 5.41) is 3.10. The van der Waals surface area contributed by atoms with Crippen LogP contribution < -0.4 is 10.1 Å². The van der Waals surface area contributed by atoms with Crippen LogP contribution in [0.25, 0.3) is 0 Å². The van der Waals surface area contributed by atoms with E-state index in [9.17, 15) is 4.79 Å². The lowest BCUT2D eigenvalue weighted by Crippen LogP contribution is -2.36. The number of hydrogen-bond donors (Lipinski definition) is 1. The van der Waals surface area contributed by atoms with Gasteiger partial charge in [-0.25, -0.2) is 0 Å². The Hall–Kier alpha value is -1.55. The van der Waals surface area contributed by atoms with Crippen molar-refractivity contribution in [3.8, 4) is 5.75 Å². The van der Waals surface area contributed by atoms with Gasteiger partial charge in [-0.05, 0) is 33.9 Å². The number of carbonyl (C=O) groups excluding carboxylic acids is 1. The molecule has 1 amide bonds. The van der Waals surface area contributed by atoms with Crippen molar-refractivity contribution in [2.24, 2.45) is 0 Å². The average molecular weight is 264 g/mol. The van der Waals surface area contributed by atoms with Crippen LogP contribution in [0.1, 0.15) is 25.0 Å². The van der Waals surface area contributed by atoms with Crippen LogP contribution in [0.5, 0.6) is 5.75 Å². The Kier molecular flexibility index (Phi) is 5.83. The molecule has 0 spiro atoms. The molecule has 106 valence electrons. The fraction of sp³-hybridized carbons (Fsp3) is 0.533. The average Bonchev–Trinajstić information content (AvgIpc) is 2.36. The lowest BCUT2D eigenvalue weighted by molar-refractivity contribution is -0.133. The van der Waals surface area contributed by atoms with E-state index in [-0.39, 0.29) is 18.6 Å². The second-order valence-electron chi connectivity index (χ2n) is 5.03. The van der Waals surface area contributed by atoms with Gasteiger partial charge in [0.1, 0.15) is 5.75 Å². The maximum atomic E-state index is 11.9. The van der Waals surface area contributed by atoms with Crippen LogP contribution in [0.2, 0.25) is 0 Å². The quantitative estimate of drug-likeness (QED) is 0.854. The monoisotopic (exact) mass is 264 g/mol. The Morgan fingerprint density at radius 1 is 1.42 bits per heavy atom. The lowest BCUT2D eigenvalue weighted by Gasteiger charge is -2.22. The first-order chi connectivity index (χ1) is 8.95. The van der Waals surface area contributed by atoms with Gasteiger partial charge in [0.15, 0.2) is 6.61 Å². The second-order valence-corrected chi connectivity index (χ2v) is 5.03. The molecule has 0 aliphatic rings. The Labute approximate surface area is 115 Å². The molecule has 0 saturated carbocycles. The summed E-state index contributed by atoms with van der Waals surface area (Å²) in [6.45, 7) is 6.81. The normalized spacial score (nSPS) is 10.6. The number of ether oxygens (including phenoxy) is 1. The zero-order valence-electron chi connectivity index (χ0n) is 12.5. The summed E-state index contributed by atoms with van der Waals surface area (Å²) >= 11 is 0. The number of rotatable bonds is 6. The summed E-state index contributed by atoms with van der Waals surface area (Å²) in [5.74, 6) is 0.761. The summed E-state index contributed by atoms with van der Waals surface area (Å²) in [4.78, 5) is 13.6. The van der Waals surface area contributed by atoms with E-state index in [1.165, 1.54) is 5.56 Å². The first kappa shape index (κ1) is 15.5. The molecule has 4 nitrogen and oxygen atoms in total. The van der Waals surface area contributed by atoms with Gasteiger partial charge in [0.2, 0.25) is 0 Å². The maximum Gasteiger partial charge on any atom is 0.260 e. The van der Waals surface area contributed by atoms with Crippen molar-refractivity contribution in [2.45, 2.75) is 33.4 Å². The molecule has 0 heterocycles. The molecule has 4 heteroatoms. The van der Waals surface area contributed by atoms with Gasteiger partial charge in [-0.1, -0.05) is 17.7 Å².